The summed E-state index contributed by atoms with van der Waals surface area (Å²) in [4.78, 5) is 14.2. The molecule has 0 saturated carbocycles. The summed E-state index contributed by atoms with van der Waals surface area (Å²) in [5.41, 5.74) is 1.90. The highest BCUT2D eigenvalue weighted by atomic mass is 32.1. The summed E-state index contributed by atoms with van der Waals surface area (Å²) in [5.74, 6) is -0.183. The molecule has 3 aromatic rings. The molecule has 0 aliphatic carbocycles. The van der Waals surface area contributed by atoms with Crippen molar-refractivity contribution in [2.75, 3.05) is 5.32 Å². The summed E-state index contributed by atoms with van der Waals surface area (Å²) >= 11 is 1.51. The highest BCUT2D eigenvalue weighted by molar-refractivity contribution is 7.17. The Kier molecular flexibility index (Phi) is 4.29. The molecule has 2 N–H and O–H groups in total. The van der Waals surface area contributed by atoms with Gasteiger partial charge in [-0.1, -0.05) is 36.4 Å². The minimum absolute atomic E-state index is 0.111. The van der Waals surface area contributed by atoms with E-state index in [9.17, 15) is 10.1 Å². The van der Waals surface area contributed by atoms with Crippen molar-refractivity contribution in [2.45, 2.75) is 45.2 Å². The fourth-order valence-corrected chi connectivity index (χ4v) is 5.55. The van der Waals surface area contributed by atoms with E-state index in [0.717, 1.165) is 27.6 Å². The lowest BCUT2D eigenvalue weighted by Crippen LogP contribution is -2.54. The van der Waals surface area contributed by atoms with Gasteiger partial charge in [0.2, 0.25) is 0 Å². The number of amides is 1. The van der Waals surface area contributed by atoms with Gasteiger partial charge < -0.3 is 10.6 Å². The van der Waals surface area contributed by atoms with Gasteiger partial charge in [-0.05, 0) is 56.5 Å². The quantitative estimate of drug-likeness (QED) is 0.634. The number of thiophene rings is 1. The van der Waals surface area contributed by atoms with Crippen molar-refractivity contribution in [1.82, 2.24) is 5.32 Å². The lowest BCUT2D eigenvalue weighted by molar-refractivity contribution is 0.102. The molecule has 4 nitrogen and oxygen atoms in total. The average molecular weight is 390 g/mol. The van der Waals surface area contributed by atoms with E-state index in [-0.39, 0.29) is 17.0 Å². The molecule has 1 amide bonds. The second-order valence-electron chi connectivity index (χ2n) is 8.52. The SMILES string of the molecule is CC1(C)Cc2c(sc(NC(=O)c3cccc4ccccc34)c2C#N)C(C)(C)N1. The Morgan fingerprint density at radius 2 is 1.86 bits per heavy atom. The number of anilines is 1. The van der Waals surface area contributed by atoms with Crippen LogP contribution in [0, 0.1) is 11.3 Å². The third-order valence-electron chi connectivity index (χ3n) is 5.22. The first-order chi connectivity index (χ1) is 13.2. The fraction of sp³-hybridized carbons (Fsp3) is 0.304. The van der Waals surface area contributed by atoms with Gasteiger partial charge in [0.15, 0.2) is 0 Å². The number of hydrogen-bond acceptors (Lipinski definition) is 4. The molecule has 4 rings (SSSR count). The zero-order valence-electron chi connectivity index (χ0n) is 16.5. The first-order valence-electron chi connectivity index (χ1n) is 9.36. The number of nitriles is 1. The maximum atomic E-state index is 13.1. The van der Waals surface area contributed by atoms with Crippen molar-refractivity contribution < 1.29 is 4.79 Å². The van der Waals surface area contributed by atoms with Crippen molar-refractivity contribution in [3.05, 3.63) is 64.0 Å². The van der Waals surface area contributed by atoms with Crippen LogP contribution < -0.4 is 10.6 Å². The van der Waals surface area contributed by atoms with Crippen molar-refractivity contribution in [3.63, 3.8) is 0 Å². The molecule has 0 saturated heterocycles. The van der Waals surface area contributed by atoms with Gasteiger partial charge in [-0.15, -0.1) is 11.3 Å². The summed E-state index contributed by atoms with van der Waals surface area (Å²) in [6.07, 6.45) is 0.759. The molecule has 142 valence electrons. The molecular weight excluding hydrogens is 366 g/mol. The second kappa shape index (κ2) is 6.44. The van der Waals surface area contributed by atoms with E-state index in [1.54, 1.807) is 0 Å². The molecule has 2 aromatic carbocycles. The average Bonchev–Trinajstić information content (AvgIpc) is 2.97. The van der Waals surface area contributed by atoms with E-state index in [2.05, 4.69) is 44.4 Å². The third kappa shape index (κ3) is 3.09. The molecule has 1 aromatic heterocycles. The highest BCUT2D eigenvalue weighted by Crippen LogP contribution is 2.44. The zero-order valence-corrected chi connectivity index (χ0v) is 17.3. The van der Waals surface area contributed by atoms with Gasteiger partial charge in [0, 0.05) is 21.5 Å². The van der Waals surface area contributed by atoms with E-state index < -0.39 is 0 Å². The Bertz CT molecular complexity index is 1130. The summed E-state index contributed by atoms with van der Waals surface area (Å²) < 4.78 is 0. The first kappa shape index (κ1) is 18.7. The fourth-order valence-electron chi connectivity index (χ4n) is 4.33. The van der Waals surface area contributed by atoms with Gasteiger partial charge in [-0.3, -0.25) is 4.79 Å². The molecule has 5 heteroatoms. The molecule has 0 spiro atoms. The Morgan fingerprint density at radius 3 is 2.61 bits per heavy atom. The van der Waals surface area contributed by atoms with Crippen LogP contribution in [0.3, 0.4) is 0 Å². The number of rotatable bonds is 2. The van der Waals surface area contributed by atoms with Gasteiger partial charge in [0.05, 0.1) is 5.56 Å². The zero-order chi connectivity index (χ0) is 20.1. The topological polar surface area (TPSA) is 64.9 Å². The van der Waals surface area contributed by atoms with Crippen molar-refractivity contribution in [2.24, 2.45) is 0 Å². The van der Waals surface area contributed by atoms with Gasteiger partial charge >= 0.3 is 0 Å². The summed E-state index contributed by atoms with van der Waals surface area (Å²) in [6.45, 7) is 8.54. The molecule has 0 radical (unpaired) electrons. The highest BCUT2D eigenvalue weighted by Gasteiger charge is 2.40. The van der Waals surface area contributed by atoms with Crippen molar-refractivity contribution in [1.29, 1.82) is 5.26 Å². The van der Waals surface area contributed by atoms with Gasteiger partial charge in [-0.25, -0.2) is 0 Å². The Hall–Kier alpha value is -2.68. The number of nitrogens with zero attached hydrogens (tertiary/aromatic N) is 1. The molecule has 0 bridgehead atoms. The minimum atomic E-state index is -0.254. The smallest absolute Gasteiger partial charge is 0.256 e. The normalized spacial score (nSPS) is 17.0. The first-order valence-corrected chi connectivity index (χ1v) is 10.2. The largest absolute Gasteiger partial charge is 0.312 e. The lowest BCUT2D eigenvalue weighted by atomic mass is 9.81. The number of carbonyl (C=O) groups excluding carboxylic acids is 1. The van der Waals surface area contributed by atoms with Crippen LogP contribution >= 0.6 is 11.3 Å². The van der Waals surface area contributed by atoms with Gasteiger partial charge in [-0.2, -0.15) is 5.26 Å². The maximum absolute atomic E-state index is 13.1. The summed E-state index contributed by atoms with van der Waals surface area (Å²) in [5, 5.41) is 19.1. The van der Waals surface area contributed by atoms with Crippen LogP contribution in [-0.2, 0) is 12.0 Å². The molecule has 28 heavy (non-hydrogen) atoms. The van der Waals surface area contributed by atoms with Crippen LogP contribution in [0.4, 0.5) is 5.00 Å². The van der Waals surface area contributed by atoms with Crippen LogP contribution in [0.1, 0.15) is 54.1 Å². The van der Waals surface area contributed by atoms with Crippen LogP contribution in [-0.4, -0.2) is 11.4 Å². The van der Waals surface area contributed by atoms with Crippen LogP contribution in [0.15, 0.2) is 42.5 Å². The maximum Gasteiger partial charge on any atom is 0.256 e. The van der Waals surface area contributed by atoms with Crippen LogP contribution in [0.25, 0.3) is 10.8 Å². The standard InChI is InChI=1S/C23H23N3OS/c1-22(2)12-17-18(13-24)21(28-19(17)23(3,4)26-22)25-20(27)16-11-7-9-14-8-5-6-10-15(14)16/h5-11,26H,12H2,1-4H3,(H,25,27). The monoisotopic (exact) mass is 389 g/mol. The Labute approximate surface area is 169 Å². The lowest BCUT2D eigenvalue weighted by Gasteiger charge is -2.42. The molecule has 2 heterocycles. The molecular formula is C23H23N3OS. The molecule has 0 atom stereocenters. The predicted molar refractivity (Wildman–Crippen MR) is 115 cm³/mol. The van der Waals surface area contributed by atoms with E-state index in [0.29, 0.717) is 16.1 Å². The van der Waals surface area contributed by atoms with E-state index >= 15 is 0 Å². The molecule has 1 aliphatic heterocycles. The minimum Gasteiger partial charge on any atom is -0.312 e. The Balaban J connectivity index is 1.76. The van der Waals surface area contributed by atoms with E-state index in [1.165, 1.54) is 11.3 Å². The molecule has 1 aliphatic rings. The van der Waals surface area contributed by atoms with Crippen molar-refractivity contribution >= 4 is 33.0 Å². The number of nitrogens with one attached hydrogen (secondary N) is 2. The van der Waals surface area contributed by atoms with E-state index in [1.807, 2.05) is 42.5 Å². The molecule has 0 unspecified atom stereocenters. The van der Waals surface area contributed by atoms with Crippen LogP contribution in [0.2, 0.25) is 0 Å². The summed E-state index contributed by atoms with van der Waals surface area (Å²) in [7, 11) is 0. The number of hydrogen-bond donors (Lipinski definition) is 2. The van der Waals surface area contributed by atoms with Crippen molar-refractivity contribution in [3.8, 4) is 6.07 Å². The predicted octanol–water partition coefficient (Wildman–Crippen LogP) is 5.18. The Morgan fingerprint density at radius 1 is 1.14 bits per heavy atom. The third-order valence-corrected chi connectivity index (χ3v) is 6.69. The van der Waals surface area contributed by atoms with E-state index in [4.69, 9.17) is 0 Å². The summed E-state index contributed by atoms with van der Waals surface area (Å²) in [6, 6.07) is 15.9. The number of benzene rings is 2. The number of fused-ring (bicyclic) bond motifs is 2. The van der Waals surface area contributed by atoms with Gasteiger partial charge in [0.25, 0.3) is 5.91 Å². The van der Waals surface area contributed by atoms with Gasteiger partial charge in [0.1, 0.15) is 11.1 Å². The molecule has 0 fully saturated rings. The number of carbonyl (C=O) groups is 1. The van der Waals surface area contributed by atoms with Crippen LogP contribution in [0.5, 0.6) is 0 Å². The second-order valence-corrected chi connectivity index (χ2v) is 9.54.